The Kier molecular flexibility index (Phi) is 16.8. The van der Waals surface area contributed by atoms with Gasteiger partial charge in [0.25, 0.3) is 0 Å². The van der Waals surface area contributed by atoms with Crippen molar-refractivity contribution in [3.8, 4) is 0 Å². The highest BCUT2D eigenvalue weighted by molar-refractivity contribution is 7.89. The van der Waals surface area contributed by atoms with E-state index in [9.17, 15) is 16.8 Å². The molecule has 0 saturated carbocycles. The zero-order valence-electron chi connectivity index (χ0n) is 36.6. The van der Waals surface area contributed by atoms with Crippen LogP contribution in [-0.4, -0.2) is 105 Å². The van der Waals surface area contributed by atoms with E-state index in [0.29, 0.717) is 72.3 Å². The van der Waals surface area contributed by atoms with Gasteiger partial charge in [-0.2, -0.15) is 0 Å². The second kappa shape index (κ2) is 21.1. The average Bonchev–Trinajstić information content (AvgIpc) is 3.20. The van der Waals surface area contributed by atoms with E-state index < -0.39 is 31.2 Å². The van der Waals surface area contributed by atoms with E-state index >= 15 is 0 Å². The average molecular weight is 985 g/mol. The number of likely N-dealkylation sites (N-methyl/N-ethyl adjacent to an activating group) is 2. The number of nitrogens with zero attached hydrogens (tertiary/aromatic N) is 2. The van der Waals surface area contributed by atoms with Crippen LogP contribution in [0.25, 0.3) is 0 Å². The fraction of sp³-hybridized carbons (Fsp3) is 0.478. The Morgan fingerprint density at radius 2 is 1.06 bits per heavy atom. The molecular formula is C46H58Cl4N4O7S2. The molecule has 63 heavy (non-hydrogen) atoms. The Hall–Kier alpha value is -2.34. The van der Waals surface area contributed by atoms with E-state index in [1.807, 2.05) is 66.1 Å². The lowest BCUT2D eigenvalue weighted by Crippen LogP contribution is -2.35. The maximum Gasteiger partial charge on any atom is 0.240 e. The normalized spacial score (nSPS) is 17.7. The van der Waals surface area contributed by atoms with Crippen LogP contribution in [0.4, 0.5) is 0 Å². The standard InChI is InChI=1S/C46H58Cl4N4O7S2/c1-45(2,13-15-51-62(55,56)35-11-7-9-31(21-35)39-27-53(5)29-41-37(39)23-33(47)25-43(41)49)60-17-14-46(3,4)61-20-19-59-18-16-52-63(57,58)36-12-8-10-32(22-36)40-28-54(6)30-42-38(40)24-34(48)26-44(42)50/h7-12,21-26,39-40,51-52H,13-20,27-30H2,1-6H3. The van der Waals surface area contributed by atoms with Gasteiger partial charge in [0.05, 0.1) is 47.4 Å². The SMILES string of the molecule is CN1Cc2c(Cl)cc(Cl)cc2C(c2cccc(S(=O)(=O)NCCOCCOC(C)(C)CCOC(C)(C)CCNS(=O)(=O)c3cccc(C4CN(C)Cc5c(Cl)cc(Cl)cc54)c3)c2)C1. The molecule has 0 fully saturated rings. The maximum absolute atomic E-state index is 13.5. The monoisotopic (exact) mass is 982 g/mol. The molecule has 17 heteroatoms. The maximum atomic E-state index is 13.5. The molecule has 2 aliphatic heterocycles. The van der Waals surface area contributed by atoms with E-state index in [4.69, 9.17) is 60.6 Å². The lowest BCUT2D eigenvalue weighted by molar-refractivity contribution is -0.0839. The molecular weight excluding hydrogens is 926 g/mol. The lowest BCUT2D eigenvalue weighted by atomic mass is 9.85. The zero-order chi connectivity index (χ0) is 45.7. The summed E-state index contributed by atoms with van der Waals surface area (Å²) in [5.41, 5.74) is 4.64. The van der Waals surface area contributed by atoms with Gasteiger partial charge in [0.2, 0.25) is 20.0 Å². The van der Waals surface area contributed by atoms with Crippen molar-refractivity contribution in [3.63, 3.8) is 0 Å². The fourth-order valence-electron chi connectivity index (χ4n) is 8.16. The molecule has 0 aliphatic carbocycles. The minimum Gasteiger partial charge on any atom is -0.378 e. The van der Waals surface area contributed by atoms with Crippen LogP contribution in [-0.2, 0) is 47.3 Å². The van der Waals surface area contributed by atoms with Crippen molar-refractivity contribution in [1.82, 2.24) is 19.2 Å². The molecule has 2 atom stereocenters. The van der Waals surface area contributed by atoms with Gasteiger partial charge in [-0.15, -0.1) is 0 Å². The van der Waals surface area contributed by atoms with Crippen LogP contribution in [0.1, 0.15) is 85.8 Å². The van der Waals surface area contributed by atoms with E-state index in [1.165, 1.54) is 0 Å². The molecule has 0 spiro atoms. The van der Waals surface area contributed by atoms with Gasteiger partial charge >= 0.3 is 0 Å². The van der Waals surface area contributed by atoms with Crippen molar-refractivity contribution in [2.75, 3.05) is 66.7 Å². The first-order valence-corrected chi connectivity index (χ1v) is 25.5. The summed E-state index contributed by atoms with van der Waals surface area (Å²) in [6, 6.07) is 21.3. The first-order chi connectivity index (χ1) is 29.6. The van der Waals surface area contributed by atoms with Crippen LogP contribution in [0.2, 0.25) is 20.1 Å². The van der Waals surface area contributed by atoms with Gasteiger partial charge in [0.1, 0.15) is 0 Å². The number of benzene rings is 4. The van der Waals surface area contributed by atoms with Crippen LogP contribution >= 0.6 is 46.4 Å². The third-order valence-electron chi connectivity index (χ3n) is 11.6. The van der Waals surface area contributed by atoms with Crippen LogP contribution in [0, 0.1) is 0 Å². The van der Waals surface area contributed by atoms with Gasteiger partial charge < -0.3 is 24.0 Å². The fourth-order valence-corrected chi connectivity index (χ4v) is 11.4. The molecule has 2 N–H and O–H groups in total. The third-order valence-corrected chi connectivity index (χ3v) is 15.6. The third kappa shape index (κ3) is 13.4. The molecule has 2 heterocycles. The van der Waals surface area contributed by atoms with Gasteiger partial charge in [-0.3, -0.25) is 0 Å². The molecule has 0 amide bonds. The zero-order valence-corrected chi connectivity index (χ0v) is 41.3. The molecule has 4 aromatic rings. The Bertz CT molecular complexity index is 2470. The van der Waals surface area contributed by atoms with Gasteiger partial charge in [0.15, 0.2) is 0 Å². The Balaban J connectivity index is 0.893. The molecule has 344 valence electrons. The molecule has 0 saturated heterocycles. The van der Waals surface area contributed by atoms with Gasteiger partial charge in [-0.25, -0.2) is 26.3 Å². The topological polar surface area (TPSA) is 127 Å². The number of fused-ring (bicyclic) bond motifs is 2. The van der Waals surface area contributed by atoms with E-state index in [0.717, 1.165) is 33.4 Å². The smallest absolute Gasteiger partial charge is 0.240 e. The molecule has 0 bridgehead atoms. The van der Waals surface area contributed by atoms with Crippen LogP contribution in [0.5, 0.6) is 0 Å². The highest BCUT2D eigenvalue weighted by Crippen LogP contribution is 2.40. The number of ether oxygens (including phenoxy) is 3. The largest absolute Gasteiger partial charge is 0.378 e. The Morgan fingerprint density at radius 1 is 0.603 bits per heavy atom. The molecule has 4 aromatic carbocycles. The molecule has 0 aromatic heterocycles. The van der Waals surface area contributed by atoms with E-state index in [2.05, 4.69) is 19.2 Å². The summed E-state index contributed by atoms with van der Waals surface area (Å²) in [5.74, 6) is -0.171. The highest BCUT2D eigenvalue weighted by Gasteiger charge is 2.30. The number of hydrogen-bond donors (Lipinski definition) is 2. The van der Waals surface area contributed by atoms with Crippen LogP contribution in [0.3, 0.4) is 0 Å². The highest BCUT2D eigenvalue weighted by atomic mass is 35.5. The quantitative estimate of drug-likeness (QED) is 0.0835. The van der Waals surface area contributed by atoms with Crippen molar-refractivity contribution >= 4 is 66.5 Å². The van der Waals surface area contributed by atoms with Crippen molar-refractivity contribution in [2.24, 2.45) is 0 Å². The first-order valence-electron chi connectivity index (χ1n) is 21.0. The van der Waals surface area contributed by atoms with Crippen LogP contribution in [0.15, 0.2) is 82.6 Å². The summed E-state index contributed by atoms with van der Waals surface area (Å²) < 4.78 is 76.8. The number of sulfonamides is 2. The molecule has 2 unspecified atom stereocenters. The van der Waals surface area contributed by atoms with Gasteiger partial charge in [-0.1, -0.05) is 70.7 Å². The van der Waals surface area contributed by atoms with Crippen molar-refractivity contribution in [3.05, 3.63) is 126 Å². The molecule has 11 nitrogen and oxygen atoms in total. The number of hydrogen-bond acceptors (Lipinski definition) is 9. The molecule has 0 radical (unpaired) electrons. The lowest BCUT2D eigenvalue weighted by Gasteiger charge is -2.33. The molecule has 2 aliphatic rings. The summed E-state index contributed by atoms with van der Waals surface area (Å²) in [6.45, 7) is 12.0. The summed E-state index contributed by atoms with van der Waals surface area (Å²) in [7, 11) is -3.56. The van der Waals surface area contributed by atoms with Crippen molar-refractivity contribution in [1.29, 1.82) is 0 Å². The summed E-state index contributed by atoms with van der Waals surface area (Å²) in [6.07, 6.45) is 1.04. The first kappa shape index (κ1) is 50.1. The Morgan fingerprint density at radius 3 is 1.57 bits per heavy atom. The summed E-state index contributed by atoms with van der Waals surface area (Å²) in [4.78, 5) is 4.70. The second-order valence-corrected chi connectivity index (χ2v) is 22.9. The second-order valence-electron chi connectivity index (χ2n) is 17.7. The summed E-state index contributed by atoms with van der Waals surface area (Å²) >= 11 is 25.8. The predicted molar refractivity (Wildman–Crippen MR) is 253 cm³/mol. The van der Waals surface area contributed by atoms with Crippen molar-refractivity contribution in [2.45, 2.75) is 86.5 Å². The number of nitrogens with one attached hydrogen (secondary N) is 2. The van der Waals surface area contributed by atoms with Gasteiger partial charge in [-0.05, 0) is 137 Å². The minimum atomic E-state index is -3.80. The number of rotatable bonds is 20. The number of halogens is 4. The minimum absolute atomic E-state index is 0.0842. The van der Waals surface area contributed by atoms with Crippen molar-refractivity contribution < 1.29 is 31.0 Å². The van der Waals surface area contributed by atoms with E-state index in [1.54, 1.807) is 48.5 Å². The van der Waals surface area contributed by atoms with E-state index in [-0.39, 0.29) is 47.9 Å². The summed E-state index contributed by atoms with van der Waals surface area (Å²) in [5, 5.41) is 2.31. The molecule has 6 rings (SSSR count). The Labute approximate surface area is 393 Å². The predicted octanol–water partition coefficient (Wildman–Crippen LogP) is 9.10. The van der Waals surface area contributed by atoms with Gasteiger partial charge in [0, 0.05) is 71.2 Å². The van der Waals surface area contributed by atoms with Crippen LogP contribution < -0.4 is 9.44 Å².